The summed E-state index contributed by atoms with van der Waals surface area (Å²) in [6.07, 6.45) is 0. The summed E-state index contributed by atoms with van der Waals surface area (Å²) in [4.78, 5) is 23.7. The van der Waals surface area contributed by atoms with Crippen molar-refractivity contribution in [3.8, 4) is 11.3 Å². The number of thiophene rings is 1. The van der Waals surface area contributed by atoms with Crippen molar-refractivity contribution in [1.29, 1.82) is 0 Å². The Morgan fingerprint density at radius 2 is 1.89 bits per heavy atom. The van der Waals surface area contributed by atoms with Gasteiger partial charge in [-0.2, -0.15) is 5.10 Å². The second-order valence-corrected chi connectivity index (χ2v) is 7.37. The number of benzene rings is 2. The van der Waals surface area contributed by atoms with Crippen LogP contribution in [0.5, 0.6) is 0 Å². The fourth-order valence-corrected chi connectivity index (χ4v) is 4.13. The molecular weight excluding hydrogens is 403 g/mol. The second kappa shape index (κ2) is 7.18. The minimum absolute atomic E-state index is 0.0585. The van der Waals surface area contributed by atoms with Crippen molar-refractivity contribution in [3.63, 3.8) is 0 Å². The third-order valence-corrected chi connectivity index (χ3v) is 5.52. The maximum Gasteiger partial charge on any atom is 0.335 e. The summed E-state index contributed by atoms with van der Waals surface area (Å²) in [6.45, 7) is -0.166. The number of halogens is 2. The smallest absolute Gasteiger partial charge is 0.335 e. The molecule has 2 aromatic carbocycles. The number of carboxylic acids is 1. The molecule has 1 N–H and O–H groups in total. The van der Waals surface area contributed by atoms with E-state index >= 15 is 0 Å². The molecule has 28 heavy (non-hydrogen) atoms. The molecule has 0 atom stereocenters. The van der Waals surface area contributed by atoms with Gasteiger partial charge in [-0.05, 0) is 35.7 Å². The molecule has 0 aliphatic rings. The van der Waals surface area contributed by atoms with Crippen molar-refractivity contribution in [2.24, 2.45) is 0 Å². The van der Waals surface area contributed by atoms with Gasteiger partial charge < -0.3 is 5.11 Å². The summed E-state index contributed by atoms with van der Waals surface area (Å²) < 4.78 is 16.4. The van der Waals surface area contributed by atoms with Gasteiger partial charge in [-0.3, -0.25) is 9.48 Å². The van der Waals surface area contributed by atoms with E-state index in [4.69, 9.17) is 16.7 Å². The molecule has 4 aromatic rings. The number of carbonyl (C=O) groups is 2. The monoisotopic (exact) mass is 414 g/mol. The Balaban J connectivity index is 1.73. The number of hydrogen-bond donors (Lipinski definition) is 1. The summed E-state index contributed by atoms with van der Waals surface area (Å²) in [5.41, 5.74) is 2.12. The van der Waals surface area contributed by atoms with Crippen LogP contribution in [0.3, 0.4) is 0 Å². The zero-order valence-corrected chi connectivity index (χ0v) is 15.8. The summed E-state index contributed by atoms with van der Waals surface area (Å²) in [7, 11) is 0. The summed E-state index contributed by atoms with van der Waals surface area (Å²) >= 11 is 7.45. The van der Waals surface area contributed by atoms with Gasteiger partial charge in [0.05, 0.1) is 26.4 Å². The average Bonchev–Trinajstić information content (AvgIpc) is 3.25. The van der Waals surface area contributed by atoms with Crippen molar-refractivity contribution in [3.05, 3.63) is 75.9 Å². The summed E-state index contributed by atoms with van der Waals surface area (Å²) in [6, 6.07) is 12.3. The van der Waals surface area contributed by atoms with Crippen LogP contribution in [0.4, 0.5) is 4.39 Å². The van der Waals surface area contributed by atoms with Gasteiger partial charge in [-0.1, -0.05) is 29.8 Å². The molecule has 5 nitrogen and oxygen atoms in total. The van der Waals surface area contributed by atoms with Crippen LogP contribution in [0.25, 0.3) is 21.5 Å². The summed E-state index contributed by atoms with van der Waals surface area (Å²) in [5.74, 6) is -2.16. The van der Waals surface area contributed by atoms with Crippen molar-refractivity contribution < 1.29 is 19.1 Å². The lowest BCUT2D eigenvalue weighted by Crippen LogP contribution is -2.13. The molecule has 0 spiro atoms. The first-order valence-electron chi connectivity index (χ1n) is 8.20. The molecule has 4 rings (SSSR count). The van der Waals surface area contributed by atoms with Gasteiger partial charge in [0.2, 0.25) is 0 Å². The average molecular weight is 415 g/mol. The number of aromatic nitrogens is 2. The van der Waals surface area contributed by atoms with Gasteiger partial charge in [0.15, 0.2) is 5.78 Å². The lowest BCUT2D eigenvalue weighted by molar-refractivity contribution is 0.0696. The maximum atomic E-state index is 14.0. The molecule has 8 heteroatoms. The predicted molar refractivity (Wildman–Crippen MR) is 106 cm³/mol. The molecule has 0 aliphatic heterocycles. The van der Waals surface area contributed by atoms with Crippen LogP contribution in [-0.2, 0) is 6.54 Å². The van der Waals surface area contributed by atoms with Crippen LogP contribution in [0.15, 0.2) is 53.9 Å². The number of fused-ring (bicyclic) bond motifs is 1. The molecule has 0 unspecified atom stereocenters. The van der Waals surface area contributed by atoms with Crippen LogP contribution in [0, 0.1) is 5.82 Å². The SMILES string of the molecule is O=C(O)c1ccc(-c2nn(CC(=O)c3c(F)cccc3Cl)c3ccsc23)cc1. The van der Waals surface area contributed by atoms with Gasteiger partial charge in [-0.25, -0.2) is 9.18 Å². The highest BCUT2D eigenvalue weighted by Crippen LogP contribution is 2.32. The standard InChI is InChI=1S/C20H12ClFN2O3S/c21-13-2-1-3-14(22)17(13)16(25)10-24-15-8-9-28-19(15)18(23-24)11-4-6-12(7-5-11)20(26)27/h1-9H,10H2,(H,26,27). The minimum atomic E-state index is -1.01. The number of carboxylic acid groups (broad SMARTS) is 1. The molecule has 2 aromatic heterocycles. The Kier molecular flexibility index (Phi) is 4.70. The van der Waals surface area contributed by atoms with E-state index in [0.717, 1.165) is 15.8 Å². The first kappa shape index (κ1) is 18.3. The lowest BCUT2D eigenvalue weighted by Gasteiger charge is -2.06. The number of nitrogens with zero attached hydrogens (tertiary/aromatic N) is 2. The highest BCUT2D eigenvalue weighted by Gasteiger charge is 2.20. The topological polar surface area (TPSA) is 72.2 Å². The molecule has 0 saturated heterocycles. The number of rotatable bonds is 5. The van der Waals surface area contributed by atoms with Crippen molar-refractivity contribution in [2.45, 2.75) is 6.54 Å². The van der Waals surface area contributed by atoms with Gasteiger partial charge in [0, 0.05) is 5.56 Å². The fraction of sp³-hybridized carbons (Fsp3) is 0.0500. The number of carbonyl (C=O) groups excluding carboxylic acids is 1. The highest BCUT2D eigenvalue weighted by molar-refractivity contribution is 7.17. The number of hydrogen-bond acceptors (Lipinski definition) is 4. The van der Waals surface area contributed by atoms with E-state index in [1.165, 1.54) is 46.4 Å². The van der Waals surface area contributed by atoms with Crippen molar-refractivity contribution in [2.75, 3.05) is 0 Å². The maximum absolute atomic E-state index is 14.0. The number of Topliss-reactive ketones (excluding diaryl/α,β-unsaturated/α-hetero) is 1. The Morgan fingerprint density at radius 1 is 1.14 bits per heavy atom. The third kappa shape index (κ3) is 3.19. The minimum Gasteiger partial charge on any atom is -0.478 e. The fourth-order valence-electron chi connectivity index (χ4n) is 2.96. The first-order valence-corrected chi connectivity index (χ1v) is 9.46. The van der Waals surface area contributed by atoms with Crippen LogP contribution in [0.2, 0.25) is 5.02 Å². The van der Waals surface area contributed by atoms with E-state index in [1.54, 1.807) is 12.1 Å². The van der Waals surface area contributed by atoms with Crippen LogP contribution in [0.1, 0.15) is 20.7 Å². The third-order valence-electron chi connectivity index (χ3n) is 4.30. The molecule has 140 valence electrons. The Labute approximate surface area is 167 Å². The van der Waals surface area contributed by atoms with E-state index in [1.807, 2.05) is 11.4 Å². The molecule has 0 aliphatic carbocycles. The van der Waals surface area contributed by atoms with Gasteiger partial charge in [-0.15, -0.1) is 11.3 Å². The zero-order chi connectivity index (χ0) is 19.8. The predicted octanol–water partition coefficient (Wildman–Crippen LogP) is 5.14. The lowest BCUT2D eigenvalue weighted by atomic mass is 10.1. The Bertz CT molecular complexity index is 1190. The quantitative estimate of drug-likeness (QED) is 0.459. The highest BCUT2D eigenvalue weighted by atomic mass is 35.5. The van der Waals surface area contributed by atoms with Crippen LogP contribution in [-0.4, -0.2) is 26.6 Å². The first-order chi connectivity index (χ1) is 13.5. The normalized spacial score (nSPS) is 11.1. The van der Waals surface area contributed by atoms with Crippen molar-refractivity contribution >= 4 is 44.9 Å². The largest absolute Gasteiger partial charge is 0.478 e. The zero-order valence-electron chi connectivity index (χ0n) is 14.2. The molecule has 0 bridgehead atoms. The number of aromatic carboxylic acids is 1. The van der Waals surface area contributed by atoms with Crippen LogP contribution < -0.4 is 0 Å². The van der Waals surface area contributed by atoms with E-state index in [9.17, 15) is 14.0 Å². The van der Waals surface area contributed by atoms with E-state index < -0.39 is 17.6 Å². The summed E-state index contributed by atoms with van der Waals surface area (Å²) in [5, 5.41) is 15.5. The molecular formula is C20H12ClFN2O3S. The molecule has 2 heterocycles. The molecule has 0 saturated carbocycles. The van der Waals surface area contributed by atoms with Gasteiger partial charge in [0.25, 0.3) is 0 Å². The molecule has 0 fully saturated rings. The van der Waals surface area contributed by atoms with Gasteiger partial charge in [0.1, 0.15) is 18.1 Å². The van der Waals surface area contributed by atoms with Crippen LogP contribution >= 0.6 is 22.9 Å². The number of ketones is 1. The van der Waals surface area contributed by atoms with E-state index in [2.05, 4.69) is 5.10 Å². The Hall–Kier alpha value is -3.03. The Morgan fingerprint density at radius 3 is 2.57 bits per heavy atom. The second-order valence-electron chi connectivity index (χ2n) is 6.04. The molecule has 0 amide bonds. The van der Waals surface area contributed by atoms with E-state index in [-0.39, 0.29) is 22.7 Å². The van der Waals surface area contributed by atoms with E-state index in [0.29, 0.717) is 5.69 Å². The van der Waals surface area contributed by atoms with Gasteiger partial charge >= 0.3 is 5.97 Å². The van der Waals surface area contributed by atoms with Crippen molar-refractivity contribution in [1.82, 2.24) is 9.78 Å². The molecule has 0 radical (unpaired) electrons.